The number of ether oxygens (including phenoxy) is 3. The highest BCUT2D eigenvalue weighted by Gasteiger charge is 2.19. The number of unbranched alkanes of at least 4 members (excludes halogenated alkanes) is 38. The maximum atomic E-state index is 12.9. The summed E-state index contributed by atoms with van der Waals surface area (Å²) in [6, 6.07) is 0. The zero-order chi connectivity index (χ0) is 51.4. The van der Waals surface area contributed by atoms with Crippen molar-refractivity contribution in [2.45, 2.75) is 335 Å². The summed E-state index contributed by atoms with van der Waals surface area (Å²) < 4.78 is 16.9. The maximum Gasteiger partial charge on any atom is 0.306 e. The molecule has 0 radical (unpaired) electrons. The molecule has 0 aromatic carbocycles. The third-order valence-corrected chi connectivity index (χ3v) is 13.8. The molecule has 0 saturated heterocycles. The van der Waals surface area contributed by atoms with Gasteiger partial charge in [0.25, 0.3) is 0 Å². The molecule has 0 heterocycles. The van der Waals surface area contributed by atoms with E-state index in [1.807, 2.05) is 0 Å². The highest BCUT2D eigenvalue weighted by molar-refractivity contribution is 5.71. The minimum atomic E-state index is -0.778. The van der Waals surface area contributed by atoms with Crippen molar-refractivity contribution in [1.82, 2.24) is 0 Å². The topological polar surface area (TPSA) is 78.9 Å². The zero-order valence-electron chi connectivity index (χ0n) is 47.5. The van der Waals surface area contributed by atoms with Gasteiger partial charge >= 0.3 is 17.9 Å². The molecule has 0 aliphatic carbocycles. The molecular weight excluding hydrogens is 877 g/mol. The van der Waals surface area contributed by atoms with Gasteiger partial charge in [-0.25, -0.2) is 0 Å². The summed E-state index contributed by atoms with van der Waals surface area (Å²) in [5.74, 6) is -0.867. The molecule has 0 aliphatic heterocycles. The monoisotopic (exact) mass is 995 g/mol. The van der Waals surface area contributed by atoms with Crippen LogP contribution < -0.4 is 0 Å². The van der Waals surface area contributed by atoms with Crippen molar-refractivity contribution in [2.75, 3.05) is 13.2 Å². The number of rotatable bonds is 57. The summed E-state index contributed by atoms with van der Waals surface area (Å²) in [5, 5.41) is 0. The van der Waals surface area contributed by atoms with Crippen molar-refractivity contribution >= 4 is 17.9 Å². The molecule has 0 saturated carbocycles. The maximum absolute atomic E-state index is 12.9. The minimum Gasteiger partial charge on any atom is -0.462 e. The molecule has 0 rings (SSSR count). The molecule has 0 bridgehead atoms. The Morgan fingerprint density at radius 2 is 0.549 bits per heavy atom. The molecule has 414 valence electrons. The second-order valence-electron chi connectivity index (χ2n) is 20.9. The van der Waals surface area contributed by atoms with Crippen LogP contribution in [0.15, 0.2) is 48.6 Å². The first-order valence-corrected chi connectivity index (χ1v) is 31.1. The molecule has 0 aromatic rings. The van der Waals surface area contributed by atoms with Crippen LogP contribution in [0.3, 0.4) is 0 Å². The number of allylic oxidation sites excluding steroid dienone is 8. The molecule has 0 N–H and O–H groups in total. The van der Waals surface area contributed by atoms with Crippen LogP contribution in [0.25, 0.3) is 0 Å². The van der Waals surface area contributed by atoms with Gasteiger partial charge in [0.2, 0.25) is 0 Å². The lowest BCUT2D eigenvalue weighted by Gasteiger charge is -2.18. The first-order valence-electron chi connectivity index (χ1n) is 31.1. The highest BCUT2D eigenvalue weighted by Crippen LogP contribution is 2.17. The lowest BCUT2D eigenvalue weighted by Crippen LogP contribution is -2.30. The standard InChI is InChI=1S/C65H118O6/c1-4-7-10-13-16-19-22-25-28-30-31-32-33-35-37-40-43-46-49-52-55-58-64(67)70-61-62(60-69-63(66)57-54-51-48-45-42-39-36-27-24-21-18-15-12-9-6-3)71-65(68)59-56-53-50-47-44-41-38-34-29-26-23-20-17-14-11-8-5-2/h8,11,17,20,26,29-31,62H,4-7,9-10,12-16,18-19,21-25,27-28,32-61H2,1-3H3/b11-8-,20-17-,29-26-,31-30-. The summed E-state index contributed by atoms with van der Waals surface area (Å²) in [4.78, 5) is 38.3. The van der Waals surface area contributed by atoms with Crippen molar-refractivity contribution in [3.63, 3.8) is 0 Å². The van der Waals surface area contributed by atoms with Gasteiger partial charge in [-0.3, -0.25) is 14.4 Å². The Hall–Kier alpha value is -2.63. The van der Waals surface area contributed by atoms with E-state index in [9.17, 15) is 14.4 Å². The molecule has 0 aliphatic rings. The van der Waals surface area contributed by atoms with E-state index in [0.717, 1.165) is 83.5 Å². The first-order chi connectivity index (χ1) is 35.0. The van der Waals surface area contributed by atoms with Crippen molar-refractivity contribution in [3.8, 4) is 0 Å². The van der Waals surface area contributed by atoms with Gasteiger partial charge in [0, 0.05) is 19.3 Å². The Kier molecular flexibility index (Phi) is 57.7. The van der Waals surface area contributed by atoms with Crippen molar-refractivity contribution in [3.05, 3.63) is 48.6 Å². The van der Waals surface area contributed by atoms with Crippen LogP contribution in [-0.4, -0.2) is 37.2 Å². The van der Waals surface area contributed by atoms with Crippen LogP contribution in [0.1, 0.15) is 329 Å². The number of hydrogen-bond donors (Lipinski definition) is 0. The average molecular weight is 996 g/mol. The summed E-state index contributed by atoms with van der Waals surface area (Å²) in [6.45, 7) is 6.57. The Bertz CT molecular complexity index is 1230. The molecule has 71 heavy (non-hydrogen) atoms. The largest absolute Gasteiger partial charge is 0.462 e. The summed E-state index contributed by atoms with van der Waals surface area (Å²) >= 11 is 0. The molecule has 6 nitrogen and oxygen atoms in total. The molecule has 1 atom stereocenters. The van der Waals surface area contributed by atoms with Crippen LogP contribution in [-0.2, 0) is 28.6 Å². The predicted octanol–water partition coefficient (Wildman–Crippen LogP) is 21.0. The van der Waals surface area contributed by atoms with Gasteiger partial charge in [0.1, 0.15) is 13.2 Å². The van der Waals surface area contributed by atoms with E-state index in [-0.39, 0.29) is 31.1 Å². The minimum absolute atomic E-state index is 0.0742. The van der Waals surface area contributed by atoms with Crippen LogP contribution >= 0.6 is 0 Å². The molecule has 0 spiro atoms. The summed E-state index contributed by atoms with van der Waals surface area (Å²) in [6.07, 6.45) is 73.9. The quantitative estimate of drug-likeness (QED) is 0.0261. The van der Waals surface area contributed by atoms with E-state index in [4.69, 9.17) is 14.2 Å². The number of esters is 3. The van der Waals surface area contributed by atoms with E-state index in [1.54, 1.807) is 0 Å². The Labute approximate surface area is 441 Å². The van der Waals surface area contributed by atoms with Gasteiger partial charge < -0.3 is 14.2 Å². The van der Waals surface area contributed by atoms with Crippen LogP contribution in [0.4, 0.5) is 0 Å². The predicted molar refractivity (Wildman–Crippen MR) is 307 cm³/mol. The Balaban J connectivity index is 4.33. The molecular formula is C65H118O6. The molecule has 0 amide bonds. The average Bonchev–Trinajstić information content (AvgIpc) is 3.37. The lowest BCUT2D eigenvalue weighted by molar-refractivity contribution is -0.167. The number of carbonyl (C=O) groups is 3. The van der Waals surface area contributed by atoms with E-state index in [2.05, 4.69) is 69.4 Å². The van der Waals surface area contributed by atoms with E-state index in [0.29, 0.717) is 19.3 Å². The van der Waals surface area contributed by atoms with E-state index >= 15 is 0 Å². The van der Waals surface area contributed by atoms with Gasteiger partial charge in [-0.05, 0) is 77.0 Å². The summed E-state index contributed by atoms with van der Waals surface area (Å²) in [7, 11) is 0. The van der Waals surface area contributed by atoms with Gasteiger partial charge in [-0.2, -0.15) is 0 Å². The number of hydrogen-bond acceptors (Lipinski definition) is 6. The van der Waals surface area contributed by atoms with Crippen LogP contribution in [0.2, 0.25) is 0 Å². The normalized spacial score (nSPS) is 12.3. The highest BCUT2D eigenvalue weighted by atomic mass is 16.6. The van der Waals surface area contributed by atoms with Gasteiger partial charge in [0.05, 0.1) is 0 Å². The van der Waals surface area contributed by atoms with Crippen molar-refractivity contribution in [2.24, 2.45) is 0 Å². The van der Waals surface area contributed by atoms with Crippen molar-refractivity contribution < 1.29 is 28.6 Å². The summed E-state index contributed by atoms with van der Waals surface area (Å²) in [5.41, 5.74) is 0. The van der Waals surface area contributed by atoms with E-state index < -0.39 is 6.10 Å². The molecule has 0 fully saturated rings. The fraction of sp³-hybridized carbons (Fsp3) is 0.831. The van der Waals surface area contributed by atoms with Gasteiger partial charge in [0.15, 0.2) is 6.10 Å². The third-order valence-electron chi connectivity index (χ3n) is 13.8. The fourth-order valence-corrected chi connectivity index (χ4v) is 9.16. The van der Waals surface area contributed by atoms with E-state index in [1.165, 1.54) is 205 Å². The fourth-order valence-electron chi connectivity index (χ4n) is 9.16. The lowest BCUT2D eigenvalue weighted by atomic mass is 10.0. The molecule has 6 heteroatoms. The molecule has 0 aromatic heterocycles. The smallest absolute Gasteiger partial charge is 0.306 e. The van der Waals surface area contributed by atoms with Crippen LogP contribution in [0, 0.1) is 0 Å². The second kappa shape index (κ2) is 59.9. The second-order valence-corrected chi connectivity index (χ2v) is 20.9. The van der Waals surface area contributed by atoms with Crippen LogP contribution in [0.5, 0.6) is 0 Å². The zero-order valence-corrected chi connectivity index (χ0v) is 47.5. The SMILES string of the molecule is CC/C=C\C/C=C\C/C=C\CCCCCCCCCC(=O)OC(COC(=O)CCCCCCCCCCC/C=C\CCCCCCCCCC)COC(=O)CCCCCCCCCCCCCCCCC. The first kappa shape index (κ1) is 68.4. The number of carbonyl (C=O) groups excluding carboxylic acids is 3. The third kappa shape index (κ3) is 58.1. The Morgan fingerprint density at radius 1 is 0.296 bits per heavy atom. The Morgan fingerprint density at radius 3 is 0.873 bits per heavy atom. The molecule has 1 unspecified atom stereocenters. The van der Waals surface area contributed by atoms with Gasteiger partial charge in [-0.15, -0.1) is 0 Å². The van der Waals surface area contributed by atoms with Crippen molar-refractivity contribution in [1.29, 1.82) is 0 Å². The van der Waals surface area contributed by atoms with Gasteiger partial charge in [-0.1, -0.05) is 281 Å².